The Balaban J connectivity index is 1.63. The Kier molecular flexibility index (Phi) is 6.27. The largest absolute Gasteiger partial charge is 0.373 e. The number of halogens is 1. The Morgan fingerprint density at radius 1 is 0.889 bits per heavy atom. The van der Waals surface area contributed by atoms with Gasteiger partial charge >= 0.3 is 0 Å². The highest BCUT2D eigenvalue weighted by Crippen LogP contribution is 2.23. The van der Waals surface area contributed by atoms with E-state index >= 15 is 0 Å². The fourth-order valence-corrected chi connectivity index (χ4v) is 2.81. The molecule has 1 heterocycles. The third-order valence-electron chi connectivity index (χ3n) is 4.26. The van der Waals surface area contributed by atoms with Gasteiger partial charge in [0.1, 0.15) is 0 Å². The molecule has 0 radical (unpaired) electrons. The summed E-state index contributed by atoms with van der Waals surface area (Å²) in [7, 11) is 6.26. The van der Waals surface area contributed by atoms with Crippen molar-refractivity contribution in [3.05, 3.63) is 65.9 Å². The molecule has 0 bridgehead atoms. The second kappa shape index (κ2) is 8.84. The lowest BCUT2D eigenvalue weighted by Crippen LogP contribution is -2.28. The predicted octanol–water partition coefficient (Wildman–Crippen LogP) is 4.54. The minimum Gasteiger partial charge on any atom is -0.373 e. The van der Waals surface area contributed by atoms with Crippen LogP contribution >= 0.6 is 11.6 Å². The highest BCUT2D eigenvalue weighted by molar-refractivity contribution is 6.30. The van der Waals surface area contributed by atoms with Gasteiger partial charge in [0, 0.05) is 54.5 Å². The van der Waals surface area contributed by atoms with Gasteiger partial charge in [0.15, 0.2) is 0 Å². The number of aromatic nitrogens is 2. The van der Waals surface area contributed by atoms with E-state index in [1.165, 1.54) is 5.69 Å². The minimum atomic E-state index is 0.564. The molecular formula is C21H24ClN5. The summed E-state index contributed by atoms with van der Waals surface area (Å²) in [5, 5.41) is 3.93. The van der Waals surface area contributed by atoms with Crippen LogP contribution in [0.2, 0.25) is 5.02 Å². The van der Waals surface area contributed by atoms with Gasteiger partial charge in [0.25, 0.3) is 0 Å². The summed E-state index contributed by atoms with van der Waals surface area (Å²) in [6, 6.07) is 15.9. The lowest BCUT2D eigenvalue weighted by molar-refractivity contribution is 0.416. The molecule has 0 saturated carbocycles. The van der Waals surface area contributed by atoms with E-state index in [-0.39, 0.29) is 0 Å². The smallest absolute Gasteiger partial charge is 0.227 e. The second-order valence-electron chi connectivity index (χ2n) is 6.70. The molecule has 0 aliphatic carbocycles. The van der Waals surface area contributed by atoms with Gasteiger partial charge in [-0.1, -0.05) is 23.7 Å². The number of nitrogens with zero attached hydrogens (tertiary/aromatic N) is 4. The summed E-state index contributed by atoms with van der Waals surface area (Å²) in [4.78, 5) is 13.2. The SMILES string of the molecule is CN(C)CCN(C)c1ccc(Nc2ncc(-c3cccc(Cl)c3)cn2)cc1. The summed E-state index contributed by atoms with van der Waals surface area (Å²) < 4.78 is 0. The van der Waals surface area contributed by atoms with Crippen LogP contribution in [0.4, 0.5) is 17.3 Å². The highest BCUT2D eigenvalue weighted by Gasteiger charge is 2.04. The van der Waals surface area contributed by atoms with E-state index in [0.29, 0.717) is 11.0 Å². The maximum atomic E-state index is 6.04. The Morgan fingerprint density at radius 2 is 1.59 bits per heavy atom. The van der Waals surface area contributed by atoms with E-state index in [1.54, 1.807) is 12.4 Å². The first-order valence-electron chi connectivity index (χ1n) is 8.82. The quantitative estimate of drug-likeness (QED) is 0.651. The first-order chi connectivity index (χ1) is 13.0. The van der Waals surface area contributed by atoms with Crippen molar-refractivity contribution in [1.29, 1.82) is 0 Å². The topological polar surface area (TPSA) is 44.3 Å². The number of hydrogen-bond donors (Lipinski definition) is 1. The molecule has 5 nitrogen and oxygen atoms in total. The molecule has 3 aromatic rings. The fraction of sp³-hybridized carbons (Fsp3) is 0.238. The number of nitrogens with one attached hydrogen (secondary N) is 1. The molecular weight excluding hydrogens is 358 g/mol. The van der Waals surface area contributed by atoms with Crippen molar-refractivity contribution in [1.82, 2.24) is 14.9 Å². The maximum Gasteiger partial charge on any atom is 0.227 e. The van der Waals surface area contributed by atoms with Crippen LogP contribution < -0.4 is 10.2 Å². The number of benzene rings is 2. The molecule has 27 heavy (non-hydrogen) atoms. The summed E-state index contributed by atoms with van der Waals surface area (Å²) in [6.07, 6.45) is 3.59. The molecule has 0 unspecified atom stereocenters. The van der Waals surface area contributed by atoms with E-state index in [1.807, 2.05) is 36.4 Å². The Labute approximate surface area is 165 Å². The van der Waals surface area contributed by atoms with E-state index < -0.39 is 0 Å². The van der Waals surface area contributed by atoms with Crippen LogP contribution in [-0.2, 0) is 0 Å². The average molecular weight is 382 g/mol. The predicted molar refractivity (Wildman–Crippen MR) is 114 cm³/mol. The van der Waals surface area contributed by atoms with Crippen LogP contribution in [-0.4, -0.2) is 49.1 Å². The number of anilines is 3. The third kappa shape index (κ3) is 5.42. The van der Waals surface area contributed by atoms with Gasteiger partial charge in [-0.05, 0) is 56.1 Å². The average Bonchev–Trinajstić information content (AvgIpc) is 2.67. The van der Waals surface area contributed by atoms with E-state index in [2.05, 4.69) is 58.4 Å². The van der Waals surface area contributed by atoms with Crippen LogP contribution in [0.15, 0.2) is 60.9 Å². The van der Waals surface area contributed by atoms with Crippen molar-refractivity contribution in [3.63, 3.8) is 0 Å². The van der Waals surface area contributed by atoms with Crippen LogP contribution in [0.25, 0.3) is 11.1 Å². The standard InChI is InChI=1S/C21H24ClN5/c1-26(2)11-12-27(3)20-9-7-19(8-10-20)25-21-23-14-17(15-24-21)16-5-4-6-18(22)13-16/h4-10,13-15H,11-12H2,1-3H3,(H,23,24,25). The van der Waals surface area contributed by atoms with E-state index in [0.717, 1.165) is 29.9 Å². The zero-order valence-electron chi connectivity index (χ0n) is 15.9. The normalized spacial score (nSPS) is 10.9. The van der Waals surface area contributed by atoms with Crippen LogP contribution in [0.1, 0.15) is 0 Å². The third-order valence-corrected chi connectivity index (χ3v) is 4.49. The van der Waals surface area contributed by atoms with Gasteiger partial charge in [0.05, 0.1) is 0 Å². The summed E-state index contributed by atoms with van der Waals surface area (Å²) >= 11 is 6.04. The molecule has 0 spiro atoms. The molecule has 3 rings (SSSR count). The van der Waals surface area contributed by atoms with Gasteiger partial charge < -0.3 is 15.1 Å². The van der Waals surface area contributed by atoms with Crippen LogP contribution in [0.5, 0.6) is 0 Å². The second-order valence-corrected chi connectivity index (χ2v) is 7.14. The number of rotatable bonds is 7. The van der Waals surface area contributed by atoms with Gasteiger partial charge in [-0.2, -0.15) is 0 Å². The maximum absolute atomic E-state index is 6.04. The summed E-state index contributed by atoms with van der Waals surface area (Å²) in [6.45, 7) is 2.00. The molecule has 0 aliphatic heterocycles. The molecule has 1 N–H and O–H groups in total. The van der Waals surface area contributed by atoms with Crippen molar-refractivity contribution in [3.8, 4) is 11.1 Å². The molecule has 140 valence electrons. The van der Waals surface area contributed by atoms with Gasteiger partial charge in [-0.15, -0.1) is 0 Å². The lowest BCUT2D eigenvalue weighted by Gasteiger charge is -2.21. The van der Waals surface area contributed by atoms with E-state index in [4.69, 9.17) is 11.6 Å². The van der Waals surface area contributed by atoms with Crippen LogP contribution in [0.3, 0.4) is 0 Å². The Bertz CT molecular complexity index is 863. The zero-order chi connectivity index (χ0) is 19.2. The monoisotopic (exact) mass is 381 g/mol. The molecule has 2 aromatic carbocycles. The number of hydrogen-bond acceptors (Lipinski definition) is 5. The highest BCUT2D eigenvalue weighted by atomic mass is 35.5. The lowest BCUT2D eigenvalue weighted by atomic mass is 10.1. The molecule has 0 aliphatic rings. The van der Waals surface area contributed by atoms with Crippen molar-refractivity contribution in [2.45, 2.75) is 0 Å². The Hall–Kier alpha value is -2.63. The fourth-order valence-electron chi connectivity index (χ4n) is 2.62. The van der Waals surface area contributed by atoms with Gasteiger partial charge in [-0.25, -0.2) is 9.97 Å². The number of likely N-dealkylation sites (N-methyl/N-ethyl adjacent to an activating group) is 2. The summed E-state index contributed by atoms with van der Waals surface area (Å²) in [5.74, 6) is 0.564. The molecule has 1 aromatic heterocycles. The van der Waals surface area contributed by atoms with Crippen molar-refractivity contribution in [2.75, 3.05) is 44.4 Å². The first kappa shape index (κ1) is 19.1. The molecule has 6 heteroatoms. The van der Waals surface area contributed by atoms with Crippen molar-refractivity contribution >= 4 is 28.9 Å². The van der Waals surface area contributed by atoms with Crippen molar-refractivity contribution < 1.29 is 0 Å². The molecule has 0 atom stereocenters. The van der Waals surface area contributed by atoms with Crippen molar-refractivity contribution in [2.24, 2.45) is 0 Å². The minimum absolute atomic E-state index is 0.564. The molecule has 0 fully saturated rings. The molecule has 0 saturated heterocycles. The molecule has 0 amide bonds. The first-order valence-corrected chi connectivity index (χ1v) is 9.20. The van der Waals surface area contributed by atoms with Crippen LogP contribution in [0, 0.1) is 0 Å². The zero-order valence-corrected chi connectivity index (χ0v) is 16.6. The van der Waals surface area contributed by atoms with Gasteiger partial charge in [-0.3, -0.25) is 0 Å². The Morgan fingerprint density at radius 3 is 2.22 bits per heavy atom. The summed E-state index contributed by atoms with van der Waals surface area (Å²) in [5.41, 5.74) is 4.06. The van der Waals surface area contributed by atoms with E-state index in [9.17, 15) is 0 Å². The van der Waals surface area contributed by atoms with Gasteiger partial charge in [0.2, 0.25) is 5.95 Å².